The summed E-state index contributed by atoms with van der Waals surface area (Å²) >= 11 is 0. The van der Waals surface area contributed by atoms with Gasteiger partial charge in [0.2, 0.25) is 0 Å². The van der Waals surface area contributed by atoms with Gasteiger partial charge in [0.25, 0.3) is 0 Å². The first-order chi connectivity index (χ1) is 10.1. The molecular formula is C18H22F2O. The highest BCUT2D eigenvalue weighted by Gasteiger charge is 2.38. The predicted molar refractivity (Wildman–Crippen MR) is 78.2 cm³/mol. The number of carbonyl (C=O) groups excluding carboxylic acids is 1. The van der Waals surface area contributed by atoms with Gasteiger partial charge in [0.05, 0.1) is 0 Å². The van der Waals surface area contributed by atoms with Crippen LogP contribution in [0.25, 0.3) is 0 Å². The van der Waals surface area contributed by atoms with Gasteiger partial charge in [0, 0.05) is 11.5 Å². The topological polar surface area (TPSA) is 17.1 Å². The third-order valence-electron chi connectivity index (χ3n) is 5.35. The normalized spacial score (nSPS) is 28.7. The Morgan fingerprint density at radius 3 is 2.43 bits per heavy atom. The molecule has 1 unspecified atom stereocenters. The molecule has 3 heteroatoms. The molecular weight excluding hydrogens is 270 g/mol. The van der Waals surface area contributed by atoms with E-state index in [2.05, 4.69) is 6.92 Å². The average molecular weight is 292 g/mol. The van der Waals surface area contributed by atoms with E-state index < -0.39 is 11.6 Å². The van der Waals surface area contributed by atoms with E-state index in [4.69, 9.17) is 0 Å². The van der Waals surface area contributed by atoms with Crippen LogP contribution in [0, 0.1) is 29.4 Å². The Hall–Kier alpha value is -1.25. The van der Waals surface area contributed by atoms with Gasteiger partial charge in [-0.15, -0.1) is 0 Å². The van der Waals surface area contributed by atoms with Crippen molar-refractivity contribution in [2.75, 3.05) is 0 Å². The molecule has 0 radical (unpaired) electrons. The highest BCUT2D eigenvalue weighted by Crippen LogP contribution is 2.41. The highest BCUT2D eigenvalue weighted by molar-refractivity contribution is 6.02. The number of ketones is 1. The van der Waals surface area contributed by atoms with Crippen molar-refractivity contribution in [3.63, 3.8) is 0 Å². The van der Waals surface area contributed by atoms with Crippen molar-refractivity contribution in [1.82, 2.24) is 0 Å². The molecule has 0 N–H and O–H groups in total. The Bertz CT molecular complexity index is 544. The van der Waals surface area contributed by atoms with E-state index in [0.29, 0.717) is 23.5 Å². The second kappa shape index (κ2) is 5.86. The summed E-state index contributed by atoms with van der Waals surface area (Å²) in [6.07, 6.45) is 7.65. The summed E-state index contributed by atoms with van der Waals surface area (Å²) in [5, 5.41) is 0. The van der Waals surface area contributed by atoms with Crippen LogP contribution in [0.3, 0.4) is 0 Å². The number of hydrogen-bond acceptors (Lipinski definition) is 1. The number of fused-ring (bicyclic) bond motifs is 1. The Morgan fingerprint density at radius 2 is 1.76 bits per heavy atom. The van der Waals surface area contributed by atoms with E-state index >= 15 is 0 Å². The van der Waals surface area contributed by atoms with Crippen LogP contribution in [0.4, 0.5) is 8.78 Å². The summed E-state index contributed by atoms with van der Waals surface area (Å²) in [6.45, 7) is 2.21. The molecule has 1 aromatic carbocycles. The summed E-state index contributed by atoms with van der Waals surface area (Å²) in [5.41, 5.74) is 1.11. The quantitative estimate of drug-likeness (QED) is 0.772. The number of halogens is 2. The van der Waals surface area contributed by atoms with Crippen molar-refractivity contribution in [1.29, 1.82) is 0 Å². The van der Waals surface area contributed by atoms with Gasteiger partial charge in [-0.25, -0.2) is 8.78 Å². The van der Waals surface area contributed by atoms with Crippen LogP contribution >= 0.6 is 0 Å². The fourth-order valence-electron chi connectivity index (χ4n) is 4.18. The molecule has 1 atom stereocenters. The van der Waals surface area contributed by atoms with Crippen molar-refractivity contribution in [2.24, 2.45) is 17.8 Å². The van der Waals surface area contributed by atoms with E-state index in [1.165, 1.54) is 31.7 Å². The largest absolute Gasteiger partial charge is 0.294 e. The van der Waals surface area contributed by atoms with Gasteiger partial charge in [-0.05, 0) is 48.8 Å². The van der Waals surface area contributed by atoms with Crippen molar-refractivity contribution >= 4 is 5.78 Å². The molecule has 0 bridgehead atoms. The number of carbonyl (C=O) groups is 1. The third-order valence-corrected chi connectivity index (χ3v) is 5.35. The first-order valence-corrected chi connectivity index (χ1v) is 8.12. The number of benzene rings is 1. The minimum Gasteiger partial charge on any atom is -0.294 e. The highest BCUT2D eigenvalue weighted by atomic mass is 19.2. The Labute approximate surface area is 124 Å². The first-order valence-electron chi connectivity index (χ1n) is 8.12. The van der Waals surface area contributed by atoms with Crippen LogP contribution in [0.15, 0.2) is 12.1 Å². The van der Waals surface area contributed by atoms with Crippen LogP contribution < -0.4 is 0 Å². The fourth-order valence-corrected chi connectivity index (χ4v) is 4.18. The minimum absolute atomic E-state index is 0.0304. The zero-order valence-electron chi connectivity index (χ0n) is 12.5. The van der Waals surface area contributed by atoms with Gasteiger partial charge in [-0.3, -0.25) is 4.79 Å². The molecule has 0 aromatic heterocycles. The van der Waals surface area contributed by atoms with E-state index in [-0.39, 0.29) is 11.7 Å². The second-order valence-electron chi connectivity index (χ2n) is 6.67. The van der Waals surface area contributed by atoms with E-state index in [0.717, 1.165) is 24.8 Å². The van der Waals surface area contributed by atoms with E-state index in [1.54, 1.807) is 0 Å². The van der Waals surface area contributed by atoms with E-state index in [1.807, 2.05) is 0 Å². The summed E-state index contributed by atoms with van der Waals surface area (Å²) in [4.78, 5) is 12.5. The van der Waals surface area contributed by atoms with Crippen LogP contribution in [0.5, 0.6) is 0 Å². The van der Waals surface area contributed by atoms with Gasteiger partial charge in [0.15, 0.2) is 17.4 Å². The Morgan fingerprint density at radius 1 is 1.10 bits per heavy atom. The Balaban J connectivity index is 1.71. The summed E-state index contributed by atoms with van der Waals surface area (Å²) in [5.74, 6) is -0.570. The lowest BCUT2D eigenvalue weighted by Gasteiger charge is -2.31. The van der Waals surface area contributed by atoms with Crippen molar-refractivity contribution in [3.05, 3.63) is 34.9 Å². The van der Waals surface area contributed by atoms with Gasteiger partial charge >= 0.3 is 0 Å². The van der Waals surface area contributed by atoms with Gasteiger partial charge in [-0.1, -0.05) is 32.6 Å². The maximum Gasteiger partial charge on any atom is 0.166 e. The molecule has 0 spiro atoms. The van der Waals surface area contributed by atoms with Gasteiger partial charge in [-0.2, -0.15) is 0 Å². The molecule has 1 fully saturated rings. The molecule has 0 heterocycles. The number of rotatable bonds is 3. The fraction of sp³-hybridized carbons (Fsp3) is 0.611. The minimum atomic E-state index is -0.908. The summed E-state index contributed by atoms with van der Waals surface area (Å²) < 4.78 is 26.6. The zero-order chi connectivity index (χ0) is 15.0. The molecule has 2 aliphatic rings. The molecule has 3 rings (SSSR count). The molecule has 114 valence electrons. The Kier molecular flexibility index (Phi) is 4.10. The summed E-state index contributed by atoms with van der Waals surface area (Å²) in [7, 11) is 0. The third kappa shape index (κ3) is 2.75. The first kappa shape index (κ1) is 14.7. The number of Topliss-reactive ketones (excluding diaryl/α,β-unsaturated/α-hetero) is 1. The van der Waals surface area contributed by atoms with Crippen LogP contribution in [0.1, 0.15) is 61.4 Å². The number of hydrogen-bond donors (Lipinski definition) is 0. The standard InChI is InChI=1S/C18H22F2O/c1-2-3-11-4-6-12(7-5-11)14-8-13-9-16(19)17(20)10-15(13)18(14)21/h9-12,14H,2-8H2,1H3. The predicted octanol–water partition coefficient (Wildman–Crippen LogP) is 4.93. The molecule has 1 aromatic rings. The molecule has 21 heavy (non-hydrogen) atoms. The monoisotopic (exact) mass is 292 g/mol. The maximum atomic E-state index is 13.3. The molecule has 1 nitrogen and oxygen atoms in total. The molecule has 0 amide bonds. The lowest BCUT2D eigenvalue weighted by atomic mass is 9.73. The van der Waals surface area contributed by atoms with E-state index in [9.17, 15) is 13.6 Å². The van der Waals surface area contributed by atoms with Crippen molar-refractivity contribution < 1.29 is 13.6 Å². The SMILES string of the molecule is CCCC1CCC(C2Cc3cc(F)c(F)cc3C2=O)CC1. The van der Waals surface area contributed by atoms with Crippen LogP contribution in [-0.2, 0) is 6.42 Å². The maximum absolute atomic E-state index is 13.3. The molecule has 2 aliphatic carbocycles. The average Bonchev–Trinajstić information content (AvgIpc) is 2.78. The van der Waals surface area contributed by atoms with Gasteiger partial charge in [0.1, 0.15) is 0 Å². The zero-order valence-corrected chi connectivity index (χ0v) is 12.5. The smallest absolute Gasteiger partial charge is 0.166 e. The molecule has 0 aliphatic heterocycles. The second-order valence-corrected chi connectivity index (χ2v) is 6.67. The van der Waals surface area contributed by atoms with Crippen LogP contribution in [0.2, 0.25) is 0 Å². The van der Waals surface area contributed by atoms with Gasteiger partial charge < -0.3 is 0 Å². The van der Waals surface area contributed by atoms with Crippen molar-refractivity contribution in [3.8, 4) is 0 Å². The van der Waals surface area contributed by atoms with Crippen molar-refractivity contribution in [2.45, 2.75) is 51.9 Å². The summed E-state index contributed by atoms with van der Waals surface area (Å²) in [6, 6.07) is 2.31. The lowest BCUT2D eigenvalue weighted by molar-refractivity contribution is 0.0851. The van der Waals surface area contributed by atoms with Crippen LogP contribution in [-0.4, -0.2) is 5.78 Å². The lowest BCUT2D eigenvalue weighted by Crippen LogP contribution is -2.25. The molecule has 1 saturated carbocycles. The molecule has 0 saturated heterocycles.